The van der Waals surface area contributed by atoms with Crippen LogP contribution in [0.1, 0.15) is 25.8 Å². The van der Waals surface area contributed by atoms with Crippen molar-refractivity contribution in [2.75, 3.05) is 6.61 Å². The quantitative estimate of drug-likeness (QED) is 0.456. The summed E-state index contributed by atoms with van der Waals surface area (Å²) in [7, 11) is 0. The average Bonchev–Trinajstić information content (AvgIpc) is 2.28. The second-order valence-electron chi connectivity index (χ2n) is 4.37. The molecule has 5 heteroatoms. The lowest BCUT2D eigenvalue weighted by molar-refractivity contribution is 0.289. The Morgan fingerprint density at radius 3 is 2.83 bits per heavy atom. The van der Waals surface area contributed by atoms with Crippen LogP contribution >= 0.6 is 0 Å². The van der Waals surface area contributed by atoms with Crippen molar-refractivity contribution in [3.63, 3.8) is 0 Å². The molecule has 0 atom stereocenters. The lowest BCUT2D eigenvalue weighted by atomic mass is 10.1. The Labute approximate surface area is 108 Å². The van der Waals surface area contributed by atoms with E-state index in [0.717, 1.165) is 17.7 Å². The van der Waals surface area contributed by atoms with Crippen LogP contribution in [0.5, 0.6) is 5.75 Å². The number of ether oxygens (including phenoxy) is 1. The number of guanidine groups is 1. The molecule has 0 heterocycles. The molecule has 0 bridgehead atoms. The number of nitrogens with two attached hydrogens (primary N) is 2. The molecule has 5 nitrogen and oxygen atoms in total. The van der Waals surface area contributed by atoms with Crippen molar-refractivity contribution in [2.24, 2.45) is 27.6 Å². The number of hydrogen-bond donors (Lipinski definition) is 2. The van der Waals surface area contributed by atoms with Gasteiger partial charge in [0.25, 0.3) is 0 Å². The summed E-state index contributed by atoms with van der Waals surface area (Å²) in [5, 5.41) is 7.28. The summed E-state index contributed by atoms with van der Waals surface area (Å²) in [6.07, 6.45) is 2.61. The van der Waals surface area contributed by atoms with Crippen molar-refractivity contribution in [1.29, 1.82) is 0 Å². The molecule has 0 spiro atoms. The van der Waals surface area contributed by atoms with Crippen molar-refractivity contribution < 1.29 is 4.74 Å². The zero-order valence-electron chi connectivity index (χ0n) is 10.8. The molecule has 0 fully saturated rings. The molecule has 98 valence electrons. The molecule has 0 saturated heterocycles. The zero-order valence-corrected chi connectivity index (χ0v) is 10.8. The lowest BCUT2D eigenvalue weighted by Crippen LogP contribution is -2.21. The first-order chi connectivity index (χ1) is 8.58. The number of rotatable bonds is 6. The third-order valence-corrected chi connectivity index (χ3v) is 2.20. The fourth-order valence-corrected chi connectivity index (χ4v) is 1.26. The van der Waals surface area contributed by atoms with Gasteiger partial charge in [-0.15, -0.1) is 5.10 Å². The SMILES string of the molecule is CC(C)CCOc1cccc(C=NN=C(N)N)c1. The Morgan fingerprint density at radius 2 is 2.17 bits per heavy atom. The first-order valence-electron chi connectivity index (χ1n) is 5.92. The molecule has 0 saturated carbocycles. The van der Waals surface area contributed by atoms with Crippen LogP contribution in [-0.2, 0) is 0 Å². The minimum Gasteiger partial charge on any atom is -0.494 e. The van der Waals surface area contributed by atoms with Crippen LogP contribution in [0.15, 0.2) is 34.5 Å². The molecular formula is C13H20N4O. The van der Waals surface area contributed by atoms with Gasteiger partial charge in [-0.1, -0.05) is 26.0 Å². The van der Waals surface area contributed by atoms with Gasteiger partial charge >= 0.3 is 0 Å². The highest BCUT2D eigenvalue weighted by atomic mass is 16.5. The van der Waals surface area contributed by atoms with E-state index in [1.165, 1.54) is 0 Å². The molecule has 0 unspecified atom stereocenters. The summed E-state index contributed by atoms with van der Waals surface area (Å²) in [4.78, 5) is 0. The van der Waals surface area contributed by atoms with Crippen LogP contribution in [0.2, 0.25) is 0 Å². The van der Waals surface area contributed by atoms with E-state index in [-0.39, 0.29) is 5.96 Å². The van der Waals surface area contributed by atoms with Crippen LogP contribution in [0.4, 0.5) is 0 Å². The maximum Gasteiger partial charge on any atom is 0.211 e. The highest BCUT2D eigenvalue weighted by Crippen LogP contribution is 2.13. The van der Waals surface area contributed by atoms with Crippen molar-refractivity contribution in [3.05, 3.63) is 29.8 Å². The molecule has 18 heavy (non-hydrogen) atoms. The minimum atomic E-state index is -0.0596. The Hall–Kier alpha value is -2.04. The molecule has 0 amide bonds. The predicted octanol–water partition coefficient (Wildman–Crippen LogP) is 1.72. The third kappa shape index (κ3) is 5.89. The Morgan fingerprint density at radius 1 is 1.39 bits per heavy atom. The Balaban J connectivity index is 2.56. The van der Waals surface area contributed by atoms with E-state index < -0.39 is 0 Å². The topological polar surface area (TPSA) is 86.0 Å². The predicted molar refractivity (Wildman–Crippen MR) is 74.8 cm³/mol. The fourth-order valence-electron chi connectivity index (χ4n) is 1.26. The summed E-state index contributed by atoms with van der Waals surface area (Å²) in [6.45, 7) is 5.05. The summed E-state index contributed by atoms with van der Waals surface area (Å²) >= 11 is 0. The van der Waals surface area contributed by atoms with Crippen LogP contribution in [0.25, 0.3) is 0 Å². The van der Waals surface area contributed by atoms with Crippen molar-refractivity contribution in [3.8, 4) is 5.75 Å². The van der Waals surface area contributed by atoms with Gasteiger partial charge in [0.05, 0.1) is 12.8 Å². The molecule has 0 aromatic heterocycles. The van der Waals surface area contributed by atoms with Gasteiger partial charge in [0.2, 0.25) is 5.96 Å². The summed E-state index contributed by atoms with van der Waals surface area (Å²) in [6, 6.07) is 7.62. The van der Waals surface area contributed by atoms with Gasteiger partial charge < -0.3 is 16.2 Å². The standard InChI is InChI=1S/C13H20N4O/c1-10(2)6-7-18-12-5-3-4-11(8-12)9-16-17-13(14)15/h3-5,8-10H,6-7H2,1-2H3,(H4,14,15,17). The summed E-state index contributed by atoms with van der Waals surface area (Å²) in [5.74, 6) is 1.40. The third-order valence-electron chi connectivity index (χ3n) is 2.20. The van der Waals surface area contributed by atoms with Gasteiger partial charge in [-0.05, 0) is 30.0 Å². The molecule has 4 N–H and O–H groups in total. The zero-order chi connectivity index (χ0) is 13.4. The smallest absolute Gasteiger partial charge is 0.211 e. The lowest BCUT2D eigenvalue weighted by Gasteiger charge is -2.08. The van der Waals surface area contributed by atoms with E-state index in [9.17, 15) is 0 Å². The number of benzene rings is 1. The Kier molecular flexibility index (Phi) is 5.70. The van der Waals surface area contributed by atoms with Gasteiger partial charge in [-0.25, -0.2) is 0 Å². The molecule has 1 aromatic carbocycles. The van der Waals surface area contributed by atoms with Crippen molar-refractivity contribution in [2.45, 2.75) is 20.3 Å². The maximum atomic E-state index is 5.64. The van der Waals surface area contributed by atoms with E-state index in [1.54, 1.807) is 6.21 Å². The van der Waals surface area contributed by atoms with Gasteiger partial charge in [0, 0.05) is 0 Å². The van der Waals surface area contributed by atoms with E-state index in [2.05, 4.69) is 24.1 Å². The second kappa shape index (κ2) is 7.32. The molecular weight excluding hydrogens is 228 g/mol. The Bertz CT molecular complexity index is 423. The van der Waals surface area contributed by atoms with E-state index in [4.69, 9.17) is 16.2 Å². The minimum absolute atomic E-state index is 0.0596. The summed E-state index contributed by atoms with van der Waals surface area (Å²) < 4.78 is 5.64. The van der Waals surface area contributed by atoms with E-state index >= 15 is 0 Å². The van der Waals surface area contributed by atoms with Crippen molar-refractivity contribution in [1.82, 2.24) is 0 Å². The largest absolute Gasteiger partial charge is 0.494 e. The fraction of sp³-hybridized carbons (Fsp3) is 0.385. The first kappa shape index (κ1) is 14.0. The molecule has 1 aromatic rings. The van der Waals surface area contributed by atoms with E-state index in [0.29, 0.717) is 12.5 Å². The second-order valence-corrected chi connectivity index (χ2v) is 4.37. The van der Waals surface area contributed by atoms with Crippen LogP contribution in [0.3, 0.4) is 0 Å². The number of nitrogens with zero attached hydrogens (tertiary/aromatic N) is 2. The van der Waals surface area contributed by atoms with Gasteiger partial charge in [0.15, 0.2) is 0 Å². The first-order valence-corrected chi connectivity index (χ1v) is 5.92. The highest BCUT2D eigenvalue weighted by Gasteiger charge is 1.97. The summed E-state index contributed by atoms with van der Waals surface area (Å²) in [5.41, 5.74) is 11.2. The molecule has 0 radical (unpaired) electrons. The maximum absolute atomic E-state index is 5.64. The highest BCUT2D eigenvalue weighted by molar-refractivity contribution is 5.81. The molecule has 0 aliphatic rings. The molecule has 0 aliphatic carbocycles. The molecule has 1 rings (SSSR count). The van der Waals surface area contributed by atoms with Gasteiger partial charge in [-0.3, -0.25) is 0 Å². The van der Waals surface area contributed by atoms with Crippen LogP contribution in [0, 0.1) is 5.92 Å². The van der Waals surface area contributed by atoms with Crippen LogP contribution in [-0.4, -0.2) is 18.8 Å². The monoisotopic (exact) mass is 248 g/mol. The van der Waals surface area contributed by atoms with Crippen molar-refractivity contribution >= 4 is 12.2 Å². The van der Waals surface area contributed by atoms with Crippen LogP contribution < -0.4 is 16.2 Å². The van der Waals surface area contributed by atoms with Gasteiger partial charge in [-0.2, -0.15) is 5.10 Å². The molecule has 0 aliphatic heterocycles. The normalized spacial score (nSPS) is 10.8. The number of hydrogen-bond acceptors (Lipinski definition) is 3. The van der Waals surface area contributed by atoms with E-state index in [1.807, 2.05) is 24.3 Å². The van der Waals surface area contributed by atoms with Gasteiger partial charge in [0.1, 0.15) is 5.75 Å². The average molecular weight is 248 g/mol.